The van der Waals surface area contributed by atoms with Gasteiger partial charge in [-0.1, -0.05) is 206 Å². The van der Waals surface area contributed by atoms with Crippen molar-refractivity contribution in [1.82, 2.24) is 9.13 Å². The van der Waals surface area contributed by atoms with Crippen LogP contribution in [-0.2, 0) is 0 Å². The maximum Gasteiger partial charge on any atom is 0.0547 e. The second kappa shape index (κ2) is 16.5. The van der Waals surface area contributed by atoms with Crippen molar-refractivity contribution in [2.45, 2.75) is 0 Å². The zero-order valence-corrected chi connectivity index (χ0v) is 37.3. The Bertz CT molecular complexity index is 3960. The van der Waals surface area contributed by atoms with Crippen LogP contribution in [0, 0.1) is 0 Å². The number of fused-ring (bicyclic) bond motifs is 6. The van der Waals surface area contributed by atoms with Gasteiger partial charge in [0.2, 0.25) is 0 Å². The van der Waals surface area contributed by atoms with Crippen molar-refractivity contribution in [3.8, 4) is 78.1 Å². The standard InChI is InChI=1S/C66H44N2/c1-5-16-45(17-6-1)47-34-38-55(39-35-47)67-61-40-36-53(43-59(61)65-57(26-14-28-63(65)67)50-20-9-3-10-21-50)48-30-32-49(33-31-48)54-37-41-62-60(44-54)66-58(51-22-11-4-12-23-51)27-15-29-64(66)68(62)56-25-13-24-52(42-56)46-18-7-2-8-19-46/h1-44H. The van der Waals surface area contributed by atoms with Crippen LogP contribution >= 0.6 is 0 Å². The molecule has 0 fully saturated rings. The predicted octanol–water partition coefficient (Wildman–Crippen LogP) is 17.9. The Morgan fingerprint density at radius 1 is 0.191 bits per heavy atom. The lowest BCUT2D eigenvalue weighted by Crippen LogP contribution is -1.94. The van der Waals surface area contributed by atoms with E-state index in [9.17, 15) is 0 Å². The van der Waals surface area contributed by atoms with E-state index >= 15 is 0 Å². The summed E-state index contributed by atoms with van der Waals surface area (Å²) in [4.78, 5) is 0. The summed E-state index contributed by atoms with van der Waals surface area (Å²) in [6.07, 6.45) is 0. The lowest BCUT2D eigenvalue weighted by Gasteiger charge is -2.11. The maximum atomic E-state index is 2.44. The van der Waals surface area contributed by atoms with Crippen LogP contribution in [0.15, 0.2) is 267 Å². The molecular formula is C66H44N2. The number of rotatable bonds is 8. The zero-order chi connectivity index (χ0) is 45.0. The number of hydrogen-bond donors (Lipinski definition) is 0. The highest BCUT2D eigenvalue weighted by Crippen LogP contribution is 2.43. The molecule has 0 aliphatic carbocycles. The average molecular weight is 865 g/mol. The minimum atomic E-state index is 1.14. The van der Waals surface area contributed by atoms with Gasteiger partial charge in [0, 0.05) is 32.9 Å². The molecule has 0 bridgehead atoms. The Hall–Kier alpha value is -8.98. The first kappa shape index (κ1) is 39.4. The van der Waals surface area contributed by atoms with E-state index in [2.05, 4.69) is 276 Å². The van der Waals surface area contributed by atoms with E-state index in [1.165, 1.54) is 110 Å². The van der Waals surface area contributed by atoms with Crippen LogP contribution in [-0.4, -0.2) is 9.13 Å². The third-order valence-corrected chi connectivity index (χ3v) is 13.7. The highest BCUT2D eigenvalue weighted by atomic mass is 15.0. The van der Waals surface area contributed by atoms with Crippen molar-refractivity contribution >= 4 is 43.6 Å². The number of benzene rings is 11. The minimum Gasteiger partial charge on any atom is -0.309 e. The maximum absolute atomic E-state index is 2.44. The summed E-state index contributed by atoms with van der Waals surface area (Å²) in [5, 5.41) is 4.98. The quantitative estimate of drug-likeness (QED) is 0.144. The number of nitrogens with zero attached hydrogens (tertiary/aromatic N) is 2. The molecule has 13 rings (SSSR count). The fraction of sp³-hybridized carbons (Fsp3) is 0. The van der Waals surface area contributed by atoms with E-state index in [0.29, 0.717) is 0 Å². The van der Waals surface area contributed by atoms with Crippen LogP contribution in [0.25, 0.3) is 122 Å². The Balaban J connectivity index is 0.925. The van der Waals surface area contributed by atoms with Crippen molar-refractivity contribution in [2.75, 3.05) is 0 Å². The molecule has 2 nitrogen and oxygen atoms in total. The van der Waals surface area contributed by atoms with Gasteiger partial charge in [0.15, 0.2) is 0 Å². The van der Waals surface area contributed by atoms with Gasteiger partial charge in [0.1, 0.15) is 0 Å². The van der Waals surface area contributed by atoms with Crippen LogP contribution in [0.5, 0.6) is 0 Å². The molecule has 0 saturated carbocycles. The molecule has 2 aromatic heterocycles. The Morgan fingerprint density at radius 3 is 1.01 bits per heavy atom. The first-order chi connectivity index (χ1) is 33.7. The lowest BCUT2D eigenvalue weighted by atomic mass is 9.95. The highest BCUT2D eigenvalue weighted by Gasteiger charge is 2.20. The second-order valence-corrected chi connectivity index (χ2v) is 17.7. The zero-order valence-electron chi connectivity index (χ0n) is 37.3. The van der Waals surface area contributed by atoms with Gasteiger partial charge in [-0.3, -0.25) is 0 Å². The van der Waals surface area contributed by atoms with E-state index in [1.807, 2.05) is 0 Å². The molecule has 11 aromatic carbocycles. The van der Waals surface area contributed by atoms with Crippen LogP contribution in [0.2, 0.25) is 0 Å². The smallest absolute Gasteiger partial charge is 0.0547 e. The molecule has 13 aromatic rings. The van der Waals surface area contributed by atoms with Gasteiger partial charge in [0.05, 0.1) is 22.1 Å². The molecule has 0 amide bonds. The summed E-state index contributed by atoms with van der Waals surface area (Å²) < 4.78 is 4.86. The van der Waals surface area contributed by atoms with Crippen LogP contribution in [0.3, 0.4) is 0 Å². The Labute approximate surface area is 395 Å². The van der Waals surface area contributed by atoms with Gasteiger partial charge in [-0.05, 0) is 127 Å². The van der Waals surface area contributed by atoms with E-state index in [-0.39, 0.29) is 0 Å². The van der Waals surface area contributed by atoms with E-state index in [4.69, 9.17) is 0 Å². The first-order valence-electron chi connectivity index (χ1n) is 23.4. The topological polar surface area (TPSA) is 9.86 Å². The molecule has 0 spiro atoms. The van der Waals surface area contributed by atoms with Crippen LogP contribution in [0.4, 0.5) is 0 Å². The fourth-order valence-electron chi connectivity index (χ4n) is 10.5. The summed E-state index contributed by atoms with van der Waals surface area (Å²) in [7, 11) is 0. The number of aromatic nitrogens is 2. The molecule has 0 N–H and O–H groups in total. The Kier molecular flexibility index (Phi) is 9.54. The van der Waals surface area contributed by atoms with Crippen molar-refractivity contribution in [3.05, 3.63) is 267 Å². The highest BCUT2D eigenvalue weighted by molar-refractivity contribution is 6.18. The molecule has 0 atom stereocenters. The molecule has 2 heterocycles. The molecule has 68 heavy (non-hydrogen) atoms. The summed E-state index contributed by atoms with van der Waals surface area (Å²) in [5.74, 6) is 0. The van der Waals surface area contributed by atoms with Crippen molar-refractivity contribution in [3.63, 3.8) is 0 Å². The van der Waals surface area contributed by atoms with Gasteiger partial charge in [-0.2, -0.15) is 0 Å². The van der Waals surface area contributed by atoms with Crippen LogP contribution in [0.1, 0.15) is 0 Å². The predicted molar refractivity (Wildman–Crippen MR) is 288 cm³/mol. The Morgan fingerprint density at radius 2 is 0.529 bits per heavy atom. The molecule has 0 aliphatic rings. The third-order valence-electron chi connectivity index (χ3n) is 13.7. The van der Waals surface area contributed by atoms with E-state index in [1.54, 1.807) is 0 Å². The normalized spacial score (nSPS) is 11.5. The third kappa shape index (κ3) is 6.73. The molecular weight excluding hydrogens is 821 g/mol. The fourth-order valence-corrected chi connectivity index (χ4v) is 10.5. The summed E-state index contributed by atoms with van der Waals surface area (Å²) in [6, 6.07) is 97.3. The summed E-state index contributed by atoms with van der Waals surface area (Å²) >= 11 is 0. The second-order valence-electron chi connectivity index (χ2n) is 17.7. The average Bonchev–Trinajstić information content (AvgIpc) is 3.94. The molecule has 318 valence electrons. The summed E-state index contributed by atoms with van der Waals surface area (Å²) in [5.41, 5.74) is 21.5. The lowest BCUT2D eigenvalue weighted by molar-refractivity contribution is 1.18. The monoisotopic (exact) mass is 864 g/mol. The van der Waals surface area contributed by atoms with Gasteiger partial charge in [0.25, 0.3) is 0 Å². The molecule has 2 heteroatoms. The molecule has 0 saturated heterocycles. The minimum absolute atomic E-state index is 1.14. The summed E-state index contributed by atoms with van der Waals surface area (Å²) in [6.45, 7) is 0. The van der Waals surface area contributed by atoms with Crippen molar-refractivity contribution < 1.29 is 0 Å². The molecule has 0 radical (unpaired) electrons. The van der Waals surface area contributed by atoms with Gasteiger partial charge >= 0.3 is 0 Å². The van der Waals surface area contributed by atoms with Gasteiger partial charge in [-0.25, -0.2) is 0 Å². The molecule has 0 aliphatic heterocycles. The van der Waals surface area contributed by atoms with Crippen LogP contribution < -0.4 is 0 Å². The van der Waals surface area contributed by atoms with Gasteiger partial charge in [-0.15, -0.1) is 0 Å². The number of hydrogen-bond acceptors (Lipinski definition) is 0. The molecule has 0 unspecified atom stereocenters. The van der Waals surface area contributed by atoms with Crippen molar-refractivity contribution in [1.29, 1.82) is 0 Å². The van der Waals surface area contributed by atoms with E-state index in [0.717, 1.165) is 11.4 Å². The van der Waals surface area contributed by atoms with Gasteiger partial charge < -0.3 is 9.13 Å². The largest absolute Gasteiger partial charge is 0.309 e. The first-order valence-corrected chi connectivity index (χ1v) is 23.4. The van der Waals surface area contributed by atoms with Crippen molar-refractivity contribution in [2.24, 2.45) is 0 Å². The SMILES string of the molecule is c1ccc(-c2ccc(-n3c4ccc(-c5ccc(-c6ccc7c(c6)c6c(-c8ccccc8)cccc6n7-c6cccc(-c7ccccc7)c6)cc5)cc4c4c(-c5ccccc5)cccc43)cc2)cc1. The van der Waals surface area contributed by atoms with E-state index < -0.39 is 0 Å².